The Morgan fingerprint density at radius 1 is 1.50 bits per heavy atom. The van der Waals surface area contributed by atoms with E-state index in [2.05, 4.69) is 41.4 Å². The summed E-state index contributed by atoms with van der Waals surface area (Å²) in [7, 11) is 2.08. The molecule has 1 aromatic heterocycles. The lowest BCUT2D eigenvalue weighted by Gasteiger charge is -2.28. The van der Waals surface area contributed by atoms with Crippen molar-refractivity contribution >= 4 is 5.96 Å². The van der Waals surface area contributed by atoms with Crippen molar-refractivity contribution in [1.29, 1.82) is 0 Å². The SMILES string of the molecule is CCC(C)NC(CNC1=NCCCN1C)c1ccco1. The van der Waals surface area contributed by atoms with E-state index < -0.39 is 0 Å². The Labute approximate surface area is 121 Å². The molecule has 112 valence electrons. The first-order valence-corrected chi connectivity index (χ1v) is 7.49. The molecule has 1 aliphatic heterocycles. The van der Waals surface area contributed by atoms with Crippen LogP contribution in [0, 0.1) is 0 Å². The molecule has 0 saturated heterocycles. The molecule has 2 heterocycles. The third-order valence-electron chi connectivity index (χ3n) is 3.72. The topological polar surface area (TPSA) is 52.8 Å². The van der Waals surface area contributed by atoms with E-state index in [0.29, 0.717) is 6.04 Å². The van der Waals surface area contributed by atoms with Crippen LogP contribution in [0.1, 0.15) is 38.5 Å². The van der Waals surface area contributed by atoms with Crippen LogP contribution in [-0.2, 0) is 0 Å². The van der Waals surface area contributed by atoms with Crippen LogP contribution in [-0.4, -0.2) is 43.6 Å². The highest BCUT2D eigenvalue weighted by atomic mass is 16.3. The summed E-state index contributed by atoms with van der Waals surface area (Å²) in [6.45, 7) is 7.14. The molecule has 2 atom stereocenters. The average Bonchev–Trinajstić information content (AvgIpc) is 2.98. The summed E-state index contributed by atoms with van der Waals surface area (Å²) in [5, 5.41) is 7.04. The Morgan fingerprint density at radius 3 is 3.00 bits per heavy atom. The van der Waals surface area contributed by atoms with Crippen molar-refractivity contribution in [3.8, 4) is 0 Å². The molecular formula is C15H26N4O. The van der Waals surface area contributed by atoms with Gasteiger partial charge in [-0.1, -0.05) is 6.92 Å². The smallest absolute Gasteiger partial charge is 0.193 e. The molecule has 0 aliphatic carbocycles. The normalized spacial score (nSPS) is 18.6. The van der Waals surface area contributed by atoms with Gasteiger partial charge in [-0.05, 0) is 31.9 Å². The molecule has 1 aromatic rings. The van der Waals surface area contributed by atoms with Crippen LogP contribution in [0.15, 0.2) is 27.8 Å². The lowest BCUT2D eigenvalue weighted by Crippen LogP contribution is -2.46. The lowest BCUT2D eigenvalue weighted by atomic mass is 10.1. The maximum absolute atomic E-state index is 5.55. The van der Waals surface area contributed by atoms with Gasteiger partial charge in [-0.15, -0.1) is 0 Å². The van der Waals surface area contributed by atoms with Gasteiger partial charge in [-0.3, -0.25) is 4.99 Å². The molecule has 0 amide bonds. The largest absolute Gasteiger partial charge is 0.468 e. The average molecular weight is 278 g/mol. The van der Waals surface area contributed by atoms with Gasteiger partial charge in [0.2, 0.25) is 0 Å². The molecule has 0 bridgehead atoms. The molecule has 0 spiro atoms. The van der Waals surface area contributed by atoms with E-state index in [1.807, 2.05) is 12.1 Å². The van der Waals surface area contributed by atoms with Gasteiger partial charge in [0.1, 0.15) is 5.76 Å². The van der Waals surface area contributed by atoms with E-state index in [-0.39, 0.29) is 6.04 Å². The van der Waals surface area contributed by atoms with Gasteiger partial charge in [0.05, 0.1) is 12.3 Å². The van der Waals surface area contributed by atoms with Crippen molar-refractivity contribution in [1.82, 2.24) is 15.5 Å². The summed E-state index contributed by atoms with van der Waals surface area (Å²) >= 11 is 0. The fourth-order valence-electron chi connectivity index (χ4n) is 2.30. The summed E-state index contributed by atoms with van der Waals surface area (Å²) in [4.78, 5) is 6.71. The van der Waals surface area contributed by atoms with Crippen LogP contribution in [0.3, 0.4) is 0 Å². The molecular weight excluding hydrogens is 252 g/mol. The minimum Gasteiger partial charge on any atom is -0.468 e. The quantitative estimate of drug-likeness (QED) is 0.835. The molecule has 2 rings (SSSR count). The van der Waals surface area contributed by atoms with Gasteiger partial charge in [-0.2, -0.15) is 0 Å². The maximum Gasteiger partial charge on any atom is 0.193 e. The number of furan rings is 1. The van der Waals surface area contributed by atoms with E-state index in [0.717, 1.165) is 44.2 Å². The van der Waals surface area contributed by atoms with Crippen LogP contribution in [0.5, 0.6) is 0 Å². The molecule has 0 aromatic carbocycles. The van der Waals surface area contributed by atoms with Crippen LogP contribution in [0.25, 0.3) is 0 Å². The molecule has 20 heavy (non-hydrogen) atoms. The minimum absolute atomic E-state index is 0.165. The highest BCUT2D eigenvalue weighted by molar-refractivity contribution is 5.80. The van der Waals surface area contributed by atoms with Gasteiger partial charge in [-0.25, -0.2) is 0 Å². The maximum atomic E-state index is 5.55. The first kappa shape index (κ1) is 14.9. The van der Waals surface area contributed by atoms with Crippen LogP contribution >= 0.6 is 0 Å². The predicted octanol–water partition coefficient (Wildman–Crippen LogP) is 1.99. The first-order chi connectivity index (χ1) is 9.70. The van der Waals surface area contributed by atoms with Gasteiger partial charge in [0.15, 0.2) is 5.96 Å². The van der Waals surface area contributed by atoms with Gasteiger partial charge in [0, 0.05) is 32.7 Å². The summed E-state index contributed by atoms with van der Waals surface area (Å²) < 4.78 is 5.55. The number of nitrogens with one attached hydrogen (secondary N) is 2. The van der Waals surface area contributed by atoms with Crippen molar-refractivity contribution in [3.05, 3.63) is 24.2 Å². The first-order valence-electron chi connectivity index (χ1n) is 7.49. The van der Waals surface area contributed by atoms with E-state index in [1.54, 1.807) is 6.26 Å². The molecule has 5 heteroatoms. The number of hydrogen-bond acceptors (Lipinski definition) is 5. The van der Waals surface area contributed by atoms with Crippen molar-refractivity contribution in [2.45, 2.75) is 38.8 Å². The molecule has 0 radical (unpaired) electrons. The van der Waals surface area contributed by atoms with Gasteiger partial charge in [0.25, 0.3) is 0 Å². The molecule has 5 nitrogen and oxygen atoms in total. The van der Waals surface area contributed by atoms with Gasteiger partial charge >= 0.3 is 0 Å². The Kier molecular flexibility index (Phi) is 5.47. The third kappa shape index (κ3) is 4.00. The highest BCUT2D eigenvalue weighted by Crippen LogP contribution is 2.14. The number of hydrogen-bond donors (Lipinski definition) is 2. The van der Waals surface area contributed by atoms with Crippen molar-refractivity contribution in [2.75, 3.05) is 26.7 Å². The van der Waals surface area contributed by atoms with Crippen molar-refractivity contribution < 1.29 is 4.42 Å². The summed E-state index contributed by atoms with van der Waals surface area (Å²) in [5.41, 5.74) is 0. The number of nitrogens with zero attached hydrogens (tertiary/aromatic N) is 2. The fraction of sp³-hybridized carbons (Fsp3) is 0.667. The second kappa shape index (κ2) is 7.33. The second-order valence-electron chi connectivity index (χ2n) is 5.41. The predicted molar refractivity (Wildman–Crippen MR) is 81.9 cm³/mol. The molecule has 2 N–H and O–H groups in total. The van der Waals surface area contributed by atoms with E-state index in [1.165, 1.54) is 0 Å². The minimum atomic E-state index is 0.165. The highest BCUT2D eigenvalue weighted by Gasteiger charge is 2.18. The molecule has 1 aliphatic rings. The third-order valence-corrected chi connectivity index (χ3v) is 3.72. The van der Waals surface area contributed by atoms with E-state index >= 15 is 0 Å². The van der Waals surface area contributed by atoms with Crippen LogP contribution in [0.4, 0.5) is 0 Å². The summed E-state index contributed by atoms with van der Waals surface area (Å²) in [6.07, 6.45) is 3.96. The monoisotopic (exact) mass is 278 g/mol. The van der Waals surface area contributed by atoms with E-state index in [4.69, 9.17) is 4.42 Å². The van der Waals surface area contributed by atoms with Crippen LogP contribution < -0.4 is 10.6 Å². The van der Waals surface area contributed by atoms with Crippen molar-refractivity contribution in [2.24, 2.45) is 4.99 Å². The Hall–Kier alpha value is -1.49. The van der Waals surface area contributed by atoms with Crippen molar-refractivity contribution in [3.63, 3.8) is 0 Å². The number of rotatable bonds is 6. The number of aliphatic imine (C=N–C) groups is 1. The molecule has 2 unspecified atom stereocenters. The number of guanidine groups is 1. The fourth-order valence-corrected chi connectivity index (χ4v) is 2.30. The van der Waals surface area contributed by atoms with Gasteiger partial charge < -0.3 is 20.0 Å². The zero-order valence-electron chi connectivity index (χ0n) is 12.7. The standard InChI is InChI=1S/C15H26N4O/c1-4-12(2)18-13(14-7-5-10-20-14)11-17-15-16-8-6-9-19(15)3/h5,7,10,12-13,18H,4,6,8-9,11H2,1-3H3,(H,16,17). The summed E-state index contributed by atoms with van der Waals surface area (Å²) in [6, 6.07) is 4.58. The molecule has 0 saturated carbocycles. The zero-order chi connectivity index (χ0) is 14.4. The second-order valence-corrected chi connectivity index (χ2v) is 5.41. The summed E-state index contributed by atoms with van der Waals surface area (Å²) in [5.74, 6) is 1.95. The Morgan fingerprint density at radius 2 is 2.35 bits per heavy atom. The van der Waals surface area contributed by atoms with E-state index in [9.17, 15) is 0 Å². The zero-order valence-corrected chi connectivity index (χ0v) is 12.7. The Balaban J connectivity index is 1.95. The van der Waals surface area contributed by atoms with Crippen LogP contribution in [0.2, 0.25) is 0 Å². The molecule has 0 fully saturated rings. The lowest BCUT2D eigenvalue weighted by molar-refractivity contribution is 0.365. The Bertz CT molecular complexity index is 416.